The maximum Gasteiger partial charge on any atom is 0.345 e. The number of imide groups is 1. The lowest BCUT2D eigenvalue weighted by molar-refractivity contribution is -0.195. The molecule has 0 saturated heterocycles. The second-order valence-corrected chi connectivity index (χ2v) is 2.37. The van der Waals surface area contributed by atoms with Crippen LogP contribution in [0.3, 0.4) is 0 Å². The summed E-state index contributed by atoms with van der Waals surface area (Å²) in [6.07, 6.45) is 1.91. The lowest BCUT2D eigenvalue weighted by Crippen LogP contribution is -2.32. The molecule has 0 spiro atoms. The van der Waals surface area contributed by atoms with Crippen molar-refractivity contribution < 1.29 is 19.2 Å². The van der Waals surface area contributed by atoms with E-state index in [4.69, 9.17) is 0 Å². The van der Waals surface area contributed by atoms with Crippen molar-refractivity contribution in [2.75, 3.05) is 0 Å². The zero-order valence-electron chi connectivity index (χ0n) is 7.44. The van der Waals surface area contributed by atoms with Crippen LogP contribution in [0.25, 0.3) is 0 Å². The Morgan fingerprint density at radius 2 is 2.00 bits per heavy atom. The molecule has 0 aromatic carbocycles. The van der Waals surface area contributed by atoms with Crippen LogP contribution in [0.4, 0.5) is 0 Å². The fraction of sp³-hybridized carbons (Fsp3) is 0.222. The standard InChI is InChI=1S/C9H7NO4/c1-2-3-4-9(13)14-10-7(11)5-6-8(10)12/h5-6H,4H2,1H3. The number of rotatable bonds is 2. The van der Waals surface area contributed by atoms with Gasteiger partial charge in [0.1, 0.15) is 6.42 Å². The van der Waals surface area contributed by atoms with Gasteiger partial charge in [0, 0.05) is 12.2 Å². The Balaban J connectivity index is 2.51. The summed E-state index contributed by atoms with van der Waals surface area (Å²) in [5.74, 6) is 2.90. The van der Waals surface area contributed by atoms with E-state index in [1.807, 2.05) is 0 Å². The molecule has 0 atom stereocenters. The third-order valence-corrected chi connectivity index (χ3v) is 1.37. The zero-order chi connectivity index (χ0) is 10.6. The SMILES string of the molecule is CC#CCC(=O)ON1C(=O)C=CC1=O. The highest BCUT2D eigenvalue weighted by Crippen LogP contribution is 2.04. The number of carbonyl (C=O) groups excluding carboxylic acids is 3. The van der Waals surface area contributed by atoms with E-state index in [9.17, 15) is 14.4 Å². The molecule has 0 aliphatic carbocycles. The van der Waals surface area contributed by atoms with Gasteiger partial charge in [0.15, 0.2) is 0 Å². The lowest BCUT2D eigenvalue weighted by Gasteiger charge is -2.10. The van der Waals surface area contributed by atoms with Gasteiger partial charge < -0.3 is 4.84 Å². The van der Waals surface area contributed by atoms with E-state index < -0.39 is 17.8 Å². The van der Waals surface area contributed by atoms with Crippen molar-refractivity contribution >= 4 is 17.8 Å². The first-order valence-corrected chi connectivity index (χ1v) is 3.81. The van der Waals surface area contributed by atoms with E-state index in [0.717, 1.165) is 12.2 Å². The molecule has 0 N–H and O–H groups in total. The first-order valence-electron chi connectivity index (χ1n) is 3.81. The monoisotopic (exact) mass is 193 g/mol. The average molecular weight is 193 g/mol. The number of nitrogens with zero attached hydrogens (tertiary/aromatic N) is 1. The molecule has 0 bridgehead atoms. The van der Waals surface area contributed by atoms with Crippen molar-refractivity contribution in [3.05, 3.63) is 12.2 Å². The van der Waals surface area contributed by atoms with Gasteiger partial charge in [0.25, 0.3) is 11.8 Å². The summed E-state index contributed by atoms with van der Waals surface area (Å²) in [6, 6.07) is 0. The summed E-state index contributed by atoms with van der Waals surface area (Å²) in [6.45, 7) is 1.57. The van der Waals surface area contributed by atoms with Crippen LogP contribution in [0.1, 0.15) is 13.3 Å². The molecule has 14 heavy (non-hydrogen) atoms. The fourth-order valence-electron chi connectivity index (χ4n) is 0.771. The normalized spacial score (nSPS) is 13.9. The molecule has 1 aliphatic rings. The van der Waals surface area contributed by atoms with Gasteiger partial charge in [-0.3, -0.25) is 9.59 Å². The van der Waals surface area contributed by atoms with Crippen molar-refractivity contribution in [2.45, 2.75) is 13.3 Å². The van der Waals surface area contributed by atoms with Gasteiger partial charge in [0.2, 0.25) is 0 Å². The Morgan fingerprint density at radius 1 is 1.43 bits per heavy atom. The van der Waals surface area contributed by atoms with Crippen LogP contribution in [-0.4, -0.2) is 22.8 Å². The van der Waals surface area contributed by atoms with Crippen molar-refractivity contribution in [1.82, 2.24) is 5.06 Å². The van der Waals surface area contributed by atoms with E-state index in [-0.39, 0.29) is 6.42 Å². The smallest absolute Gasteiger partial charge is 0.329 e. The van der Waals surface area contributed by atoms with Gasteiger partial charge in [-0.15, -0.1) is 5.92 Å². The largest absolute Gasteiger partial charge is 0.345 e. The Morgan fingerprint density at radius 3 is 2.50 bits per heavy atom. The molecule has 0 radical (unpaired) electrons. The predicted octanol–water partition coefficient (Wildman–Crippen LogP) is -0.217. The summed E-state index contributed by atoms with van der Waals surface area (Å²) in [5.41, 5.74) is 0. The second kappa shape index (κ2) is 4.23. The fourth-order valence-corrected chi connectivity index (χ4v) is 0.771. The molecule has 1 heterocycles. The summed E-state index contributed by atoms with van der Waals surface area (Å²) in [7, 11) is 0. The van der Waals surface area contributed by atoms with Gasteiger partial charge in [-0.2, -0.15) is 0 Å². The van der Waals surface area contributed by atoms with Gasteiger partial charge in [0.05, 0.1) is 0 Å². The molecular weight excluding hydrogens is 186 g/mol. The first kappa shape index (κ1) is 9.99. The summed E-state index contributed by atoms with van der Waals surface area (Å²) in [4.78, 5) is 37.2. The minimum absolute atomic E-state index is 0.145. The summed E-state index contributed by atoms with van der Waals surface area (Å²) < 4.78 is 0. The highest BCUT2D eigenvalue weighted by atomic mass is 16.7. The molecule has 0 unspecified atom stereocenters. The molecule has 5 nitrogen and oxygen atoms in total. The molecule has 0 fully saturated rings. The van der Waals surface area contributed by atoms with Crippen molar-refractivity contribution in [3.63, 3.8) is 0 Å². The molecule has 0 aromatic heterocycles. The Labute approximate surface area is 80.3 Å². The average Bonchev–Trinajstić information content (AvgIpc) is 2.46. The maximum atomic E-state index is 11.0. The van der Waals surface area contributed by atoms with Crippen LogP contribution >= 0.6 is 0 Å². The molecule has 2 amide bonds. The molecule has 0 aromatic rings. The van der Waals surface area contributed by atoms with E-state index in [1.54, 1.807) is 6.92 Å². The van der Waals surface area contributed by atoms with Gasteiger partial charge in [-0.05, 0) is 6.92 Å². The first-order chi connectivity index (χ1) is 6.65. The Bertz CT molecular complexity index is 354. The molecule has 5 heteroatoms. The van der Waals surface area contributed by atoms with Gasteiger partial charge in [-0.25, -0.2) is 4.79 Å². The lowest BCUT2D eigenvalue weighted by atomic mass is 10.4. The van der Waals surface area contributed by atoms with Crippen LogP contribution in [-0.2, 0) is 19.2 Å². The van der Waals surface area contributed by atoms with Crippen LogP contribution in [0.15, 0.2) is 12.2 Å². The third-order valence-electron chi connectivity index (χ3n) is 1.37. The Hall–Kier alpha value is -2.09. The summed E-state index contributed by atoms with van der Waals surface area (Å²) >= 11 is 0. The Kier molecular flexibility index (Phi) is 3.02. The highest BCUT2D eigenvalue weighted by Gasteiger charge is 2.27. The zero-order valence-corrected chi connectivity index (χ0v) is 7.44. The quantitative estimate of drug-likeness (QED) is 0.449. The van der Waals surface area contributed by atoms with E-state index in [0.29, 0.717) is 5.06 Å². The molecule has 0 saturated carbocycles. The van der Waals surface area contributed by atoms with Crippen molar-refractivity contribution in [3.8, 4) is 11.8 Å². The third kappa shape index (κ3) is 2.20. The van der Waals surface area contributed by atoms with Crippen molar-refractivity contribution in [1.29, 1.82) is 0 Å². The second-order valence-electron chi connectivity index (χ2n) is 2.37. The predicted molar refractivity (Wildman–Crippen MR) is 45.2 cm³/mol. The van der Waals surface area contributed by atoms with E-state index >= 15 is 0 Å². The minimum Gasteiger partial charge on any atom is -0.329 e. The number of hydrogen-bond donors (Lipinski definition) is 0. The molecular formula is C9H7NO4. The van der Waals surface area contributed by atoms with E-state index in [2.05, 4.69) is 16.7 Å². The number of hydrogen-bond acceptors (Lipinski definition) is 4. The maximum absolute atomic E-state index is 11.0. The highest BCUT2D eigenvalue weighted by molar-refractivity contribution is 6.12. The molecule has 1 aliphatic heterocycles. The van der Waals surface area contributed by atoms with Crippen LogP contribution < -0.4 is 0 Å². The number of carbonyl (C=O) groups is 3. The van der Waals surface area contributed by atoms with Crippen LogP contribution in [0, 0.1) is 11.8 Å². The topological polar surface area (TPSA) is 63.7 Å². The molecule has 72 valence electrons. The summed E-state index contributed by atoms with van der Waals surface area (Å²) in [5, 5.41) is 0.402. The van der Waals surface area contributed by atoms with Crippen molar-refractivity contribution in [2.24, 2.45) is 0 Å². The van der Waals surface area contributed by atoms with E-state index in [1.165, 1.54) is 0 Å². The number of amides is 2. The van der Waals surface area contributed by atoms with Crippen LogP contribution in [0.5, 0.6) is 0 Å². The van der Waals surface area contributed by atoms with Crippen LogP contribution in [0.2, 0.25) is 0 Å². The molecule has 1 rings (SSSR count). The number of hydroxylamine groups is 2. The van der Waals surface area contributed by atoms with Gasteiger partial charge in [-0.1, -0.05) is 11.0 Å². The minimum atomic E-state index is -0.732. The van der Waals surface area contributed by atoms with Gasteiger partial charge >= 0.3 is 5.97 Å².